The van der Waals surface area contributed by atoms with Crippen molar-refractivity contribution in [3.05, 3.63) is 60.0 Å². The van der Waals surface area contributed by atoms with Crippen LogP contribution in [0.5, 0.6) is 0 Å². The lowest BCUT2D eigenvalue weighted by Gasteiger charge is -2.32. The summed E-state index contributed by atoms with van der Waals surface area (Å²) >= 11 is 0. The zero-order valence-electron chi connectivity index (χ0n) is 16.0. The van der Waals surface area contributed by atoms with Gasteiger partial charge >= 0.3 is 0 Å². The zero-order chi connectivity index (χ0) is 18.9. The first-order chi connectivity index (χ1) is 13.2. The van der Waals surface area contributed by atoms with Gasteiger partial charge in [-0.1, -0.05) is 30.4 Å². The van der Waals surface area contributed by atoms with Crippen LogP contribution in [0.25, 0.3) is 0 Å². The van der Waals surface area contributed by atoms with Crippen molar-refractivity contribution in [1.29, 1.82) is 5.26 Å². The average Bonchev–Trinajstić information content (AvgIpc) is 2.72. The number of ether oxygens (including phenoxy) is 1. The minimum atomic E-state index is -0.153. The molecule has 2 saturated carbocycles. The van der Waals surface area contributed by atoms with E-state index in [2.05, 4.69) is 6.08 Å². The Morgan fingerprint density at radius 1 is 0.963 bits per heavy atom. The average molecular weight is 368 g/mol. The molecule has 27 heavy (non-hydrogen) atoms. The zero-order valence-corrected chi connectivity index (χ0v) is 16.0. The van der Waals surface area contributed by atoms with Crippen LogP contribution in [-0.2, 0) is 4.74 Å². The molecule has 0 spiro atoms. The molecule has 2 nitrogen and oxygen atoms in total. The van der Waals surface area contributed by atoms with Gasteiger partial charge in [0.1, 0.15) is 5.82 Å². The molecule has 0 saturated heterocycles. The summed E-state index contributed by atoms with van der Waals surface area (Å²) in [6.07, 6.45) is 17.4. The largest absolute Gasteiger partial charge is 0.378 e. The van der Waals surface area contributed by atoms with Crippen LogP contribution in [-0.4, -0.2) is 12.7 Å². The van der Waals surface area contributed by atoms with Crippen LogP contribution in [0.4, 0.5) is 4.39 Å². The third-order valence-electron chi connectivity index (χ3n) is 6.14. The van der Waals surface area contributed by atoms with Gasteiger partial charge in [0.2, 0.25) is 0 Å². The number of hydrogen-bond acceptors (Lipinski definition) is 2. The van der Waals surface area contributed by atoms with Crippen molar-refractivity contribution in [2.75, 3.05) is 6.61 Å². The normalized spacial score (nSPS) is 29.2. The lowest BCUT2D eigenvalue weighted by molar-refractivity contribution is -0.00337. The van der Waals surface area contributed by atoms with Gasteiger partial charge in [-0.15, -0.1) is 0 Å². The smallest absolute Gasteiger partial charge is 0.123 e. The first-order valence-corrected chi connectivity index (χ1v) is 10.3. The van der Waals surface area contributed by atoms with Crippen molar-refractivity contribution < 1.29 is 9.13 Å². The molecule has 0 radical (unpaired) electrons. The number of hydrogen-bond donors (Lipinski definition) is 0. The Labute approximate surface area is 162 Å². The van der Waals surface area contributed by atoms with Crippen LogP contribution >= 0.6 is 0 Å². The standard InChI is InChI=1S/C24H30FNO/c25-23-13-9-21(10-14-23)22-11-15-24(16-12-22)27-18-20-7-5-19(6-8-20)4-2-1-3-17-26/h1-4,9-10,13-14,19-20,22,24H,5-8,11-12,15-16,18H2/b3-1+,4-2+. The summed E-state index contributed by atoms with van der Waals surface area (Å²) in [4.78, 5) is 0. The van der Waals surface area contributed by atoms with Gasteiger partial charge in [0.25, 0.3) is 0 Å². The summed E-state index contributed by atoms with van der Waals surface area (Å²) in [5.74, 6) is 1.75. The van der Waals surface area contributed by atoms with Gasteiger partial charge in [-0.05, 0) is 86.8 Å². The lowest BCUT2D eigenvalue weighted by atomic mass is 9.81. The molecule has 3 rings (SSSR count). The summed E-state index contributed by atoms with van der Waals surface area (Å²) < 4.78 is 19.3. The van der Waals surface area contributed by atoms with E-state index in [4.69, 9.17) is 10.00 Å². The quantitative estimate of drug-likeness (QED) is 0.436. The number of halogens is 1. The number of benzene rings is 1. The number of allylic oxidation sites excluding steroid dienone is 4. The Morgan fingerprint density at radius 3 is 2.33 bits per heavy atom. The SMILES string of the molecule is N#C/C=C/C=C/C1CCC(COC2CCC(c3ccc(F)cc3)CC2)CC1. The van der Waals surface area contributed by atoms with E-state index in [0.29, 0.717) is 23.9 Å². The maximum Gasteiger partial charge on any atom is 0.123 e. The molecule has 0 heterocycles. The monoisotopic (exact) mass is 367 g/mol. The molecule has 1 aromatic rings. The van der Waals surface area contributed by atoms with Crippen molar-refractivity contribution in [2.45, 2.75) is 63.4 Å². The second kappa shape index (κ2) is 10.4. The fraction of sp³-hybridized carbons (Fsp3) is 0.542. The molecule has 1 aromatic carbocycles. The van der Waals surface area contributed by atoms with Crippen molar-refractivity contribution in [3.63, 3.8) is 0 Å². The molecule has 3 heteroatoms. The maximum atomic E-state index is 13.1. The van der Waals surface area contributed by atoms with E-state index < -0.39 is 0 Å². The molecule has 2 aliphatic carbocycles. The van der Waals surface area contributed by atoms with E-state index in [1.165, 1.54) is 37.3 Å². The molecule has 0 bridgehead atoms. The van der Waals surface area contributed by atoms with Crippen molar-refractivity contribution in [1.82, 2.24) is 0 Å². The summed E-state index contributed by atoms with van der Waals surface area (Å²) in [7, 11) is 0. The summed E-state index contributed by atoms with van der Waals surface area (Å²) in [6.45, 7) is 0.899. The van der Waals surface area contributed by atoms with Crippen LogP contribution in [0, 0.1) is 29.0 Å². The minimum absolute atomic E-state index is 0.153. The molecule has 144 valence electrons. The molecule has 0 unspecified atom stereocenters. The summed E-state index contributed by atoms with van der Waals surface area (Å²) in [5.41, 5.74) is 1.27. The number of nitriles is 1. The van der Waals surface area contributed by atoms with Crippen LogP contribution in [0.3, 0.4) is 0 Å². The third kappa shape index (κ3) is 6.33. The Morgan fingerprint density at radius 2 is 1.67 bits per heavy atom. The molecule has 0 atom stereocenters. The van der Waals surface area contributed by atoms with Crippen LogP contribution in [0.1, 0.15) is 62.8 Å². The van der Waals surface area contributed by atoms with Crippen molar-refractivity contribution in [2.24, 2.45) is 11.8 Å². The topological polar surface area (TPSA) is 33.0 Å². The lowest BCUT2D eigenvalue weighted by Crippen LogP contribution is -2.25. The Kier molecular flexibility index (Phi) is 7.66. The Hall–Kier alpha value is -1.92. The van der Waals surface area contributed by atoms with Gasteiger partial charge in [0.15, 0.2) is 0 Å². The van der Waals surface area contributed by atoms with Gasteiger partial charge in [-0.2, -0.15) is 5.26 Å². The highest BCUT2D eigenvalue weighted by atomic mass is 19.1. The van der Waals surface area contributed by atoms with Gasteiger partial charge in [0.05, 0.1) is 12.2 Å². The molecular formula is C24H30FNO. The van der Waals surface area contributed by atoms with E-state index in [-0.39, 0.29) is 5.82 Å². The van der Waals surface area contributed by atoms with Crippen LogP contribution in [0.2, 0.25) is 0 Å². The highest BCUT2D eigenvalue weighted by Gasteiger charge is 2.25. The first-order valence-electron chi connectivity index (χ1n) is 10.3. The second-order valence-electron chi connectivity index (χ2n) is 8.01. The Balaban J connectivity index is 1.33. The maximum absolute atomic E-state index is 13.1. The van der Waals surface area contributed by atoms with Crippen LogP contribution < -0.4 is 0 Å². The van der Waals surface area contributed by atoms with Gasteiger partial charge in [0, 0.05) is 12.7 Å². The van der Waals surface area contributed by atoms with Crippen LogP contribution in [0.15, 0.2) is 48.6 Å². The third-order valence-corrected chi connectivity index (χ3v) is 6.14. The highest BCUT2D eigenvalue weighted by Crippen LogP contribution is 2.35. The number of nitrogens with zero attached hydrogens (tertiary/aromatic N) is 1. The van der Waals surface area contributed by atoms with Gasteiger partial charge in [-0.3, -0.25) is 0 Å². The number of rotatable bonds is 6. The van der Waals surface area contributed by atoms with E-state index in [9.17, 15) is 4.39 Å². The Bertz CT molecular complexity index is 657. The predicted octanol–water partition coefficient (Wildman–Crippen LogP) is 6.31. The molecule has 0 N–H and O–H groups in total. The molecule has 0 aliphatic heterocycles. The van der Waals surface area contributed by atoms with Crippen molar-refractivity contribution >= 4 is 0 Å². The molecule has 0 amide bonds. The molecule has 0 aromatic heterocycles. The molecule has 2 fully saturated rings. The molecular weight excluding hydrogens is 337 g/mol. The van der Waals surface area contributed by atoms with E-state index in [1.807, 2.05) is 30.4 Å². The molecule has 2 aliphatic rings. The minimum Gasteiger partial charge on any atom is -0.378 e. The van der Waals surface area contributed by atoms with Crippen molar-refractivity contribution in [3.8, 4) is 6.07 Å². The fourth-order valence-corrected chi connectivity index (χ4v) is 4.44. The van der Waals surface area contributed by atoms with E-state index in [1.54, 1.807) is 12.1 Å². The summed E-state index contributed by atoms with van der Waals surface area (Å²) in [6, 6.07) is 9.03. The second-order valence-corrected chi connectivity index (χ2v) is 8.01. The predicted molar refractivity (Wildman–Crippen MR) is 107 cm³/mol. The first kappa shape index (κ1) is 19.8. The van der Waals surface area contributed by atoms with Gasteiger partial charge in [-0.25, -0.2) is 4.39 Å². The summed E-state index contributed by atoms with van der Waals surface area (Å²) in [5, 5.41) is 8.49. The van der Waals surface area contributed by atoms with E-state index >= 15 is 0 Å². The fourth-order valence-electron chi connectivity index (χ4n) is 4.44. The highest BCUT2D eigenvalue weighted by molar-refractivity contribution is 5.21. The van der Waals surface area contributed by atoms with Gasteiger partial charge < -0.3 is 4.74 Å². The van der Waals surface area contributed by atoms with E-state index in [0.717, 1.165) is 32.3 Å².